The number of carbonyl (C=O) groups excluding carboxylic acids is 2. The first kappa shape index (κ1) is 16.1. The molecule has 4 aliphatic rings. The molecule has 4 aliphatic carbocycles. The van der Waals surface area contributed by atoms with Crippen molar-refractivity contribution >= 4 is 23.4 Å². The van der Waals surface area contributed by atoms with Crippen LogP contribution >= 0.6 is 11.6 Å². The number of ketones is 1. The number of ether oxygens (including phenoxy) is 1. The van der Waals surface area contributed by atoms with E-state index in [1.54, 1.807) is 24.3 Å². The quantitative estimate of drug-likeness (QED) is 0.341. The molecule has 0 aliphatic heterocycles. The number of esters is 1. The van der Waals surface area contributed by atoms with E-state index in [1.807, 2.05) is 6.92 Å². The molecule has 24 heavy (non-hydrogen) atoms. The molecule has 0 spiro atoms. The summed E-state index contributed by atoms with van der Waals surface area (Å²) in [5.41, 5.74) is 0.260. The largest absolute Gasteiger partial charge is 0.426 e. The van der Waals surface area contributed by atoms with Crippen molar-refractivity contribution in [3.8, 4) is 5.75 Å². The SMILES string of the molecule is CCC(=O)c1ccc(OC(=O)C23C[C@@H]4C[C@@H](CC(Cl)(C4)C2)C3)cc1. The van der Waals surface area contributed by atoms with Crippen LogP contribution in [0.3, 0.4) is 0 Å². The van der Waals surface area contributed by atoms with Crippen molar-refractivity contribution in [3.63, 3.8) is 0 Å². The van der Waals surface area contributed by atoms with E-state index in [9.17, 15) is 9.59 Å². The summed E-state index contributed by atoms with van der Waals surface area (Å²) in [5, 5.41) is 0. The third-order valence-corrected chi connectivity index (χ3v) is 6.57. The molecule has 0 amide bonds. The third kappa shape index (κ3) is 2.67. The van der Waals surface area contributed by atoms with E-state index in [0.29, 0.717) is 29.6 Å². The predicted molar refractivity (Wildman–Crippen MR) is 92.4 cm³/mol. The monoisotopic (exact) mass is 346 g/mol. The normalized spacial score (nSPS) is 36.6. The van der Waals surface area contributed by atoms with Crippen LogP contribution in [0.1, 0.15) is 62.2 Å². The first-order valence-corrected chi connectivity index (χ1v) is 9.34. The summed E-state index contributed by atoms with van der Waals surface area (Å²) in [4.78, 5) is 24.4. The Morgan fingerprint density at radius 3 is 2.29 bits per heavy atom. The zero-order valence-electron chi connectivity index (χ0n) is 14.0. The average Bonchev–Trinajstić information content (AvgIpc) is 2.52. The zero-order valence-corrected chi connectivity index (χ0v) is 14.8. The highest BCUT2D eigenvalue weighted by Gasteiger charge is 2.60. The minimum atomic E-state index is -0.399. The Morgan fingerprint density at radius 1 is 1.12 bits per heavy atom. The van der Waals surface area contributed by atoms with E-state index < -0.39 is 5.41 Å². The zero-order chi connectivity index (χ0) is 16.9. The van der Waals surface area contributed by atoms with Gasteiger partial charge in [0, 0.05) is 16.9 Å². The number of benzene rings is 1. The Balaban J connectivity index is 1.51. The fraction of sp³-hybridized carbons (Fsp3) is 0.600. The Morgan fingerprint density at radius 2 is 1.75 bits per heavy atom. The van der Waals surface area contributed by atoms with Crippen LogP contribution in [0.25, 0.3) is 0 Å². The summed E-state index contributed by atoms with van der Waals surface area (Å²) in [6.07, 6.45) is 6.38. The highest BCUT2D eigenvalue weighted by molar-refractivity contribution is 6.24. The lowest BCUT2D eigenvalue weighted by Crippen LogP contribution is -2.56. The van der Waals surface area contributed by atoms with Crippen molar-refractivity contribution in [1.29, 1.82) is 0 Å². The van der Waals surface area contributed by atoms with Crippen LogP contribution in [-0.2, 0) is 4.79 Å². The molecule has 2 unspecified atom stereocenters. The molecule has 4 heteroatoms. The number of carbonyl (C=O) groups is 2. The molecule has 3 nitrogen and oxygen atoms in total. The molecule has 0 aromatic heterocycles. The number of Topliss-reactive ketones (excluding diaryl/α,β-unsaturated/α-hetero) is 1. The van der Waals surface area contributed by atoms with E-state index in [1.165, 1.54) is 6.42 Å². The molecular weight excluding hydrogens is 324 g/mol. The number of hydrogen-bond acceptors (Lipinski definition) is 3. The second-order valence-corrected chi connectivity index (χ2v) is 8.88. The summed E-state index contributed by atoms with van der Waals surface area (Å²) < 4.78 is 5.70. The second kappa shape index (κ2) is 5.59. The van der Waals surface area contributed by atoms with Crippen molar-refractivity contribution < 1.29 is 14.3 Å². The predicted octanol–water partition coefficient (Wildman–Crippen LogP) is 4.76. The molecule has 5 rings (SSSR count). The highest BCUT2D eigenvalue weighted by Crippen LogP contribution is 2.64. The number of hydrogen-bond donors (Lipinski definition) is 0. The molecule has 0 saturated heterocycles. The van der Waals surface area contributed by atoms with Gasteiger partial charge in [-0.1, -0.05) is 6.92 Å². The molecule has 1 aromatic carbocycles. The highest BCUT2D eigenvalue weighted by atomic mass is 35.5. The number of rotatable bonds is 4. The second-order valence-electron chi connectivity index (χ2n) is 8.08. The van der Waals surface area contributed by atoms with Crippen LogP contribution in [0.2, 0.25) is 0 Å². The fourth-order valence-electron chi connectivity index (χ4n) is 5.52. The maximum Gasteiger partial charge on any atom is 0.317 e. The van der Waals surface area contributed by atoms with Crippen molar-refractivity contribution in [3.05, 3.63) is 29.8 Å². The van der Waals surface area contributed by atoms with Gasteiger partial charge in [-0.25, -0.2) is 0 Å². The van der Waals surface area contributed by atoms with Gasteiger partial charge >= 0.3 is 5.97 Å². The smallest absolute Gasteiger partial charge is 0.317 e. The topological polar surface area (TPSA) is 43.4 Å². The molecular formula is C20H23ClO3. The lowest BCUT2D eigenvalue weighted by Gasteiger charge is -2.58. The van der Waals surface area contributed by atoms with Crippen LogP contribution in [0.15, 0.2) is 24.3 Å². The van der Waals surface area contributed by atoms with Gasteiger partial charge in [0.2, 0.25) is 0 Å². The lowest BCUT2D eigenvalue weighted by molar-refractivity contribution is -0.160. The van der Waals surface area contributed by atoms with Crippen LogP contribution in [0.4, 0.5) is 0 Å². The van der Waals surface area contributed by atoms with Gasteiger partial charge in [-0.2, -0.15) is 0 Å². The Bertz CT molecular complexity index is 665. The van der Waals surface area contributed by atoms with Crippen molar-refractivity contribution in [2.75, 3.05) is 0 Å². The van der Waals surface area contributed by atoms with E-state index in [-0.39, 0.29) is 16.6 Å². The summed E-state index contributed by atoms with van der Waals surface area (Å²) in [5.74, 6) is 1.63. The molecule has 0 heterocycles. The Kier molecular flexibility index (Phi) is 3.76. The van der Waals surface area contributed by atoms with E-state index in [4.69, 9.17) is 16.3 Å². The maximum atomic E-state index is 12.9. The van der Waals surface area contributed by atoms with Gasteiger partial charge in [0.05, 0.1) is 5.41 Å². The van der Waals surface area contributed by atoms with E-state index in [2.05, 4.69) is 0 Å². The van der Waals surface area contributed by atoms with Crippen molar-refractivity contribution in [2.24, 2.45) is 17.3 Å². The van der Waals surface area contributed by atoms with Gasteiger partial charge in [0.15, 0.2) is 5.78 Å². The third-order valence-electron chi connectivity index (χ3n) is 6.13. The van der Waals surface area contributed by atoms with Gasteiger partial charge in [-0.3, -0.25) is 9.59 Å². The molecule has 4 saturated carbocycles. The number of alkyl halides is 1. The standard InChI is InChI=1S/C20H23ClO3/c1-2-17(22)15-3-5-16(6-4-15)24-18(23)19-8-13-7-14(9-19)11-20(21,10-13)12-19/h3-6,13-14H,2,7-12H2,1H3/t13-,14+,19?,20?. The van der Waals surface area contributed by atoms with Gasteiger partial charge in [-0.05, 0) is 74.6 Å². The van der Waals surface area contributed by atoms with E-state index in [0.717, 1.165) is 32.1 Å². The maximum absolute atomic E-state index is 12.9. The fourth-order valence-corrected chi connectivity index (χ4v) is 6.21. The van der Waals surface area contributed by atoms with Crippen molar-refractivity contribution in [2.45, 2.75) is 56.7 Å². The van der Waals surface area contributed by atoms with Crippen LogP contribution in [0.5, 0.6) is 5.75 Å². The van der Waals surface area contributed by atoms with Crippen LogP contribution in [0, 0.1) is 17.3 Å². The van der Waals surface area contributed by atoms with Gasteiger partial charge < -0.3 is 4.74 Å². The van der Waals surface area contributed by atoms with Gasteiger partial charge in [-0.15, -0.1) is 11.6 Å². The van der Waals surface area contributed by atoms with Gasteiger partial charge in [0.25, 0.3) is 0 Å². The van der Waals surface area contributed by atoms with Crippen LogP contribution < -0.4 is 4.74 Å². The minimum absolute atomic E-state index is 0.0954. The Hall–Kier alpha value is -1.35. The Labute approximate surface area is 147 Å². The molecule has 1 aromatic rings. The molecule has 4 atom stereocenters. The van der Waals surface area contributed by atoms with Crippen molar-refractivity contribution in [1.82, 2.24) is 0 Å². The molecule has 4 fully saturated rings. The first-order chi connectivity index (χ1) is 11.4. The lowest BCUT2D eigenvalue weighted by atomic mass is 9.49. The molecule has 4 bridgehead atoms. The van der Waals surface area contributed by atoms with Gasteiger partial charge in [0.1, 0.15) is 5.75 Å². The molecule has 128 valence electrons. The molecule has 0 N–H and O–H groups in total. The first-order valence-electron chi connectivity index (χ1n) is 8.96. The average molecular weight is 347 g/mol. The van der Waals surface area contributed by atoms with E-state index >= 15 is 0 Å². The minimum Gasteiger partial charge on any atom is -0.426 e. The van der Waals surface area contributed by atoms with Crippen LogP contribution in [-0.4, -0.2) is 16.6 Å². The molecule has 0 radical (unpaired) electrons. The summed E-state index contributed by atoms with van der Waals surface area (Å²) in [6.45, 7) is 1.84. The number of halogens is 1. The summed E-state index contributed by atoms with van der Waals surface area (Å²) in [6, 6.07) is 6.91. The summed E-state index contributed by atoms with van der Waals surface area (Å²) in [7, 11) is 0. The summed E-state index contributed by atoms with van der Waals surface area (Å²) >= 11 is 6.79.